The molecule has 1 aliphatic heterocycles. The molecule has 7 heteroatoms. The van der Waals surface area contributed by atoms with Crippen LogP contribution in [0.4, 0.5) is 0 Å². The van der Waals surface area contributed by atoms with Crippen LogP contribution in [0, 0.1) is 0 Å². The summed E-state index contributed by atoms with van der Waals surface area (Å²) in [6.07, 6.45) is 7.75. The highest BCUT2D eigenvalue weighted by molar-refractivity contribution is 5.91. The Hall–Kier alpha value is -2.02. The number of nitrogens with zero attached hydrogens (tertiary/aromatic N) is 3. The molecule has 1 aromatic rings. The predicted molar refractivity (Wildman–Crippen MR) is 77.4 cm³/mol. The first-order valence-electron chi connectivity index (χ1n) is 7.27. The van der Waals surface area contributed by atoms with Gasteiger partial charge in [0.2, 0.25) is 5.91 Å². The first kappa shape index (κ1) is 15.4. The van der Waals surface area contributed by atoms with Crippen LogP contribution < -0.4 is 11.1 Å². The fourth-order valence-electron chi connectivity index (χ4n) is 2.33. The maximum atomic E-state index is 12.0. The molecule has 1 fully saturated rings. The van der Waals surface area contributed by atoms with Gasteiger partial charge < -0.3 is 16.0 Å². The van der Waals surface area contributed by atoms with Gasteiger partial charge in [0.1, 0.15) is 5.69 Å². The number of likely N-dealkylation sites (tertiary alicyclic amines) is 1. The van der Waals surface area contributed by atoms with E-state index in [1.165, 1.54) is 18.6 Å². The van der Waals surface area contributed by atoms with Gasteiger partial charge >= 0.3 is 0 Å². The molecule has 1 saturated heterocycles. The van der Waals surface area contributed by atoms with Gasteiger partial charge in [-0.2, -0.15) is 0 Å². The van der Waals surface area contributed by atoms with Crippen molar-refractivity contribution in [3.8, 4) is 0 Å². The van der Waals surface area contributed by atoms with E-state index in [2.05, 4.69) is 15.3 Å². The third-order valence-electron chi connectivity index (χ3n) is 3.51. The summed E-state index contributed by atoms with van der Waals surface area (Å²) in [5, 5.41) is 2.74. The van der Waals surface area contributed by atoms with E-state index < -0.39 is 6.04 Å². The first-order chi connectivity index (χ1) is 10.2. The van der Waals surface area contributed by atoms with E-state index >= 15 is 0 Å². The number of hydrogen-bond acceptors (Lipinski definition) is 5. The van der Waals surface area contributed by atoms with Crippen LogP contribution in [0.25, 0.3) is 0 Å². The van der Waals surface area contributed by atoms with Crippen molar-refractivity contribution in [2.75, 3.05) is 19.6 Å². The van der Waals surface area contributed by atoms with Crippen molar-refractivity contribution in [1.82, 2.24) is 20.2 Å². The molecule has 0 aliphatic carbocycles. The molecule has 2 heterocycles. The third-order valence-corrected chi connectivity index (χ3v) is 3.51. The second-order valence-corrected chi connectivity index (χ2v) is 5.13. The van der Waals surface area contributed by atoms with Crippen molar-refractivity contribution in [3.05, 3.63) is 24.3 Å². The predicted octanol–water partition coefficient (Wildman–Crippen LogP) is -0.0637. The average Bonchev–Trinajstić information content (AvgIpc) is 3.05. The lowest BCUT2D eigenvalue weighted by Gasteiger charge is -2.20. The maximum Gasteiger partial charge on any atom is 0.271 e. The summed E-state index contributed by atoms with van der Waals surface area (Å²) in [5.41, 5.74) is 6.19. The minimum atomic E-state index is -0.475. The molecular formula is C14H21N5O2. The van der Waals surface area contributed by atoms with Gasteiger partial charge in [-0.05, 0) is 25.7 Å². The second kappa shape index (κ2) is 7.68. The van der Waals surface area contributed by atoms with Crippen LogP contribution >= 0.6 is 0 Å². The van der Waals surface area contributed by atoms with E-state index in [0.29, 0.717) is 19.4 Å². The lowest BCUT2D eigenvalue weighted by molar-refractivity contribution is -0.131. The van der Waals surface area contributed by atoms with Crippen LogP contribution in [0.15, 0.2) is 18.6 Å². The van der Waals surface area contributed by atoms with Crippen molar-refractivity contribution in [1.29, 1.82) is 0 Å². The molecule has 2 amide bonds. The Kier molecular flexibility index (Phi) is 5.62. The zero-order chi connectivity index (χ0) is 15.1. The zero-order valence-corrected chi connectivity index (χ0v) is 12.0. The van der Waals surface area contributed by atoms with Gasteiger partial charge in [0.15, 0.2) is 0 Å². The normalized spacial score (nSPS) is 15.8. The second-order valence-electron chi connectivity index (χ2n) is 5.13. The molecule has 114 valence electrons. The Morgan fingerprint density at radius 2 is 2.10 bits per heavy atom. The van der Waals surface area contributed by atoms with E-state index in [1.807, 2.05) is 4.90 Å². The van der Waals surface area contributed by atoms with Gasteiger partial charge in [-0.1, -0.05) is 0 Å². The van der Waals surface area contributed by atoms with Gasteiger partial charge in [0.25, 0.3) is 5.91 Å². The van der Waals surface area contributed by atoms with Crippen molar-refractivity contribution in [3.63, 3.8) is 0 Å². The molecule has 2 rings (SSSR count). The van der Waals surface area contributed by atoms with E-state index in [1.54, 1.807) is 0 Å². The van der Waals surface area contributed by atoms with Crippen LogP contribution in [0.5, 0.6) is 0 Å². The standard InChI is InChI=1S/C14H21N5O2/c15-11(14(21)19-8-1-2-9-19)4-3-5-18-13(20)12-10-16-6-7-17-12/h6-7,10-11H,1-5,8-9,15H2,(H,18,20). The lowest BCUT2D eigenvalue weighted by atomic mass is 10.1. The number of nitrogens with two attached hydrogens (primary N) is 1. The molecular weight excluding hydrogens is 270 g/mol. The Balaban J connectivity index is 1.65. The van der Waals surface area contributed by atoms with Crippen molar-refractivity contribution in [2.45, 2.75) is 31.7 Å². The maximum absolute atomic E-state index is 12.0. The summed E-state index contributed by atoms with van der Waals surface area (Å²) in [7, 11) is 0. The van der Waals surface area contributed by atoms with Crippen molar-refractivity contribution < 1.29 is 9.59 Å². The average molecular weight is 291 g/mol. The minimum absolute atomic E-state index is 0.0211. The first-order valence-corrected chi connectivity index (χ1v) is 7.27. The molecule has 1 unspecified atom stereocenters. The van der Waals surface area contributed by atoms with Gasteiger partial charge in [0, 0.05) is 32.0 Å². The highest BCUT2D eigenvalue weighted by Gasteiger charge is 2.23. The fourth-order valence-corrected chi connectivity index (χ4v) is 2.33. The number of hydrogen-bond donors (Lipinski definition) is 2. The molecule has 0 saturated carbocycles. The number of aromatic nitrogens is 2. The number of carbonyl (C=O) groups excluding carboxylic acids is 2. The Morgan fingerprint density at radius 3 is 2.76 bits per heavy atom. The lowest BCUT2D eigenvalue weighted by Crippen LogP contribution is -2.42. The number of rotatable bonds is 6. The summed E-state index contributed by atoms with van der Waals surface area (Å²) in [5.74, 6) is -0.240. The van der Waals surface area contributed by atoms with Gasteiger partial charge in [-0.15, -0.1) is 0 Å². The number of nitrogens with one attached hydrogen (secondary N) is 1. The van der Waals surface area contributed by atoms with Crippen molar-refractivity contribution >= 4 is 11.8 Å². The van der Waals surface area contributed by atoms with Gasteiger partial charge in [-0.25, -0.2) is 4.98 Å². The third kappa shape index (κ3) is 4.49. The molecule has 1 aromatic heterocycles. The SMILES string of the molecule is NC(CCCNC(=O)c1cnccn1)C(=O)N1CCCC1. The fraction of sp³-hybridized carbons (Fsp3) is 0.571. The van der Waals surface area contributed by atoms with E-state index in [4.69, 9.17) is 5.73 Å². The van der Waals surface area contributed by atoms with Crippen LogP contribution in [-0.2, 0) is 4.79 Å². The summed E-state index contributed by atoms with van der Waals surface area (Å²) in [4.78, 5) is 33.3. The largest absolute Gasteiger partial charge is 0.351 e. The molecule has 3 N–H and O–H groups in total. The van der Waals surface area contributed by atoms with Crippen LogP contribution in [0.1, 0.15) is 36.2 Å². The highest BCUT2D eigenvalue weighted by atomic mass is 16.2. The van der Waals surface area contributed by atoms with Gasteiger partial charge in [0.05, 0.1) is 12.2 Å². The molecule has 21 heavy (non-hydrogen) atoms. The van der Waals surface area contributed by atoms with Gasteiger partial charge in [-0.3, -0.25) is 14.6 Å². The monoisotopic (exact) mass is 291 g/mol. The summed E-state index contributed by atoms with van der Waals surface area (Å²) < 4.78 is 0. The highest BCUT2D eigenvalue weighted by Crippen LogP contribution is 2.10. The zero-order valence-electron chi connectivity index (χ0n) is 12.0. The smallest absolute Gasteiger partial charge is 0.271 e. The Labute approximate surface area is 123 Å². The molecule has 0 spiro atoms. The molecule has 1 atom stereocenters. The summed E-state index contributed by atoms with van der Waals surface area (Å²) in [6, 6.07) is -0.475. The van der Waals surface area contributed by atoms with Crippen molar-refractivity contribution in [2.24, 2.45) is 5.73 Å². The quantitative estimate of drug-likeness (QED) is 0.715. The number of amides is 2. The molecule has 7 nitrogen and oxygen atoms in total. The summed E-state index contributed by atoms with van der Waals surface area (Å²) >= 11 is 0. The molecule has 0 bridgehead atoms. The Bertz CT molecular complexity index is 474. The number of carbonyl (C=O) groups is 2. The molecule has 0 radical (unpaired) electrons. The van der Waals surface area contributed by atoms with E-state index in [-0.39, 0.29) is 17.5 Å². The Morgan fingerprint density at radius 1 is 1.33 bits per heavy atom. The van der Waals surface area contributed by atoms with Crippen LogP contribution in [0.2, 0.25) is 0 Å². The summed E-state index contributed by atoms with van der Waals surface area (Å²) in [6.45, 7) is 2.10. The van der Waals surface area contributed by atoms with Crippen LogP contribution in [0.3, 0.4) is 0 Å². The van der Waals surface area contributed by atoms with Crippen LogP contribution in [-0.4, -0.2) is 52.4 Å². The topological polar surface area (TPSA) is 101 Å². The molecule has 1 aliphatic rings. The molecule has 0 aromatic carbocycles. The van der Waals surface area contributed by atoms with E-state index in [9.17, 15) is 9.59 Å². The minimum Gasteiger partial charge on any atom is -0.351 e. The van der Waals surface area contributed by atoms with E-state index in [0.717, 1.165) is 25.9 Å².